The Morgan fingerprint density at radius 2 is 1.59 bits per heavy atom. The number of rotatable bonds is 12. The molecule has 46 heavy (non-hydrogen) atoms. The predicted octanol–water partition coefficient (Wildman–Crippen LogP) is 5.60. The normalized spacial score (nSPS) is 17.5. The highest BCUT2D eigenvalue weighted by Crippen LogP contribution is 2.35. The van der Waals surface area contributed by atoms with Gasteiger partial charge in [-0.05, 0) is 72.0 Å². The number of carbonyl (C=O) groups excluding carboxylic acids is 1. The Kier molecular flexibility index (Phi) is 10.4. The third-order valence-electron chi connectivity index (χ3n) is 7.87. The number of ether oxygens (including phenoxy) is 1. The molecule has 12 heteroatoms. The summed E-state index contributed by atoms with van der Waals surface area (Å²) in [5.41, 5.74) is 4.55. The molecule has 4 aromatic rings. The van der Waals surface area contributed by atoms with Crippen molar-refractivity contribution < 1.29 is 26.4 Å². The van der Waals surface area contributed by atoms with Crippen molar-refractivity contribution in [2.24, 2.45) is 5.92 Å². The molecule has 1 amide bonds. The Hall–Kier alpha value is -3.42. The summed E-state index contributed by atoms with van der Waals surface area (Å²) < 4.78 is 63.2. The van der Waals surface area contributed by atoms with Crippen molar-refractivity contribution in [2.75, 3.05) is 20.2 Å². The monoisotopic (exact) mass is 681 g/mol. The molecule has 0 radical (unpaired) electrons. The van der Waals surface area contributed by atoms with E-state index in [-0.39, 0.29) is 40.5 Å². The SMILES string of the molecule is COc1ccc(CS[C@@H]2C[C@@H](C(=O)NN(CC(C)C)S(=O)(=O)c3ccc(C)cc3)N(S(=O)(=O)c3ccc4ccccc4c3)C2)cc1. The van der Waals surface area contributed by atoms with E-state index < -0.39 is 32.0 Å². The summed E-state index contributed by atoms with van der Waals surface area (Å²) in [6.07, 6.45) is 0.222. The van der Waals surface area contributed by atoms with Crippen LogP contribution in [0.4, 0.5) is 0 Å². The lowest BCUT2D eigenvalue weighted by Crippen LogP contribution is -2.54. The highest BCUT2D eigenvalue weighted by atomic mass is 32.2. The number of sulfonamides is 2. The van der Waals surface area contributed by atoms with Gasteiger partial charge in [-0.25, -0.2) is 16.8 Å². The van der Waals surface area contributed by atoms with Crippen LogP contribution in [0.3, 0.4) is 0 Å². The quantitative estimate of drug-likeness (QED) is 0.194. The zero-order chi connectivity index (χ0) is 33.1. The molecular formula is C34H39N3O6S3. The van der Waals surface area contributed by atoms with Gasteiger partial charge < -0.3 is 4.74 Å². The van der Waals surface area contributed by atoms with E-state index in [0.29, 0.717) is 5.75 Å². The largest absolute Gasteiger partial charge is 0.497 e. The second kappa shape index (κ2) is 14.1. The van der Waals surface area contributed by atoms with Crippen LogP contribution in [0.1, 0.15) is 31.4 Å². The fourth-order valence-electron chi connectivity index (χ4n) is 5.36. The fourth-order valence-corrected chi connectivity index (χ4v) is 9.78. The van der Waals surface area contributed by atoms with E-state index in [0.717, 1.165) is 32.1 Å². The van der Waals surface area contributed by atoms with Gasteiger partial charge in [0.25, 0.3) is 15.9 Å². The summed E-state index contributed by atoms with van der Waals surface area (Å²) in [6, 6.07) is 25.3. The van der Waals surface area contributed by atoms with Gasteiger partial charge in [-0.3, -0.25) is 10.2 Å². The van der Waals surface area contributed by atoms with E-state index in [4.69, 9.17) is 4.74 Å². The number of hydrazine groups is 1. The summed E-state index contributed by atoms with van der Waals surface area (Å²) in [7, 11) is -6.64. The van der Waals surface area contributed by atoms with E-state index in [2.05, 4.69) is 5.43 Å². The van der Waals surface area contributed by atoms with Crippen molar-refractivity contribution >= 4 is 48.5 Å². The van der Waals surface area contributed by atoms with Crippen molar-refractivity contribution in [2.45, 2.75) is 54.0 Å². The van der Waals surface area contributed by atoms with Gasteiger partial charge in [0.15, 0.2) is 0 Å². The van der Waals surface area contributed by atoms with Crippen LogP contribution in [-0.4, -0.2) is 63.0 Å². The number of fused-ring (bicyclic) bond motifs is 1. The van der Waals surface area contributed by atoms with Crippen molar-refractivity contribution in [3.8, 4) is 5.75 Å². The van der Waals surface area contributed by atoms with Gasteiger partial charge in [0.1, 0.15) is 11.8 Å². The van der Waals surface area contributed by atoms with E-state index in [1.165, 1.54) is 16.4 Å². The molecule has 1 fully saturated rings. The summed E-state index contributed by atoms with van der Waals surface area (Å²) >= 11 is 1.56. The number of benzene rings is 4. The van der Waals surface area contributed by atoms with Crippen LogP contribution in [-0.2, 0) is 30.6 Å². The maximum absolute atomic E-state index is 14.2. The number of hydrogen-bond acceptors (Lipinski definition) is 7. The van der Waals surface area contributed by atoms with Crippen molar-refractivity contribution in [3.05, 3.63) is 102 Å². The molecule has 1 aliphatic rings. The molecule has 0 unspecified atom stereocenters. The number of nitrogens with one attached hydrogen (secondary N) is 1. The Bertz CT molecular complexity index is 1900. The lowest BCUT2D eigenvalue weighted by molar-refractivity contribution is -0.127. The number of hydrogen-bond donors (Lipinski definition) is 1. The van der Waals surface area contributed by atoms with Gasteiger partial charge in [-0.1, -0.05) is 74.0 Å². The molecule has 1 aliphatic heterocycles. The van der Waals surface area contributed by atoms with Gasteiger partial charge in [0, 0.05) is 24.1 Å². The van der Waals surface area contributed by atoms with Crippen LogP contribution in [0.5, 0.6) is 5.75 Å². The van der Waals surface area contributed by atoms with Crippen molar-refractivity contribution in [1.29, 1.82) is 0 Å². The van der Waals surface area contributed by atoms with Gasteiger partial charge in [0.2, 0.25) is 10.0 Å². The maximum atomic E-state index is 14.2. The standard InChI is InChI=1S/C34H39N3O6S3/c1-24(2)21-37(46(41,42)31-16-9-25(3)10-17-31)35-34(38)33-20-30(44-23-26-11-14-29(43-4)15-12-26)22-36(33)45(39,40)32-18-13-27-7-5-6-8-28(27)19-32/h5-19,24,30,33H,20-23H2,1-4H3,(H,35,38)/t30-,33+/m1/s1. The third kappa shape index (κ3) is 7.58. The molecule has 0 saturated carbocycles. The topological polar surface area (TPSA) is 113 Å². The molecule has 0 aliphatic carbocycles. The van der Waals surface area contributed by atoms with E-state index in [1.807, 2.05) is 69.3 Å². The van der Waals surface area contributed by atoms with Gasteiger partial charge in [-0.2, -0.15) is 16.1 Å². The molecule has 0 aromatic heterocycles. The first-order valence-corrected chi connectivity index (χ1v) is 19.0. The number of carbonyl (C=O) groups is 1. The number of thioether (sulfide) groups is 1. The van der Waals surface area contributed by atoms with Crippen LogP contribution >= 0.6 is 11.8 Å². The molecule has 5 rings (SSSR count). The first-order valence-electron chi connectivity index (χ1n) is 15.0. The lowest BCUT2D eigenvalue weighted by Gasteiger charge is -2.28. The van der Waals surface area contributed by atoms with E-state index >= 15 is 0 Å². The first-order chi connectivity index (χ1) is 21.9. The number of amides is 1. The van der Waals surface area contributed by atoms with Crippen molar-refractivity contribution in [1.82, 2.24) is 14.1 Å². The Morgan fingerprint density at radius 3 is 2.24 bits per heavy atom. The molecule has 0 spiro atoms. The van der Waals surface area contributed by atoms with Gasteiger partial charge in [0.05, 0.1) is 16.9 Å². The van der Waals surface area contributed by atoms with Crippen LogP contribution in [0, 0.1) is 12.8 Å². The second-order valence-electron chi connectivity index (χ2n) is 11.8. The van der Waals surface area contributed by atoms with E-state index in [9.17, 15) is 21.6 Å². The highest BCUT2D eigenvalue weighted by molar-refractivity contribution is 7.99. The average Bonchev–Trinajstić information content (AvgIpc) is 3.49. The average molecular weight is 682 g/mol. The molecule has 2 atom stereocenters. The van der Waals surface area contributed by atoms with Crippen molar-refractivity contribution in [3.63, 3.8) is 0 Å². The number of methoxy groups -OCH3 is 1. The molecule has 1 N–H and O–H groups in total. The summed E-state index contributed by atoms with van der Waals surface area (Å²) in [5.74, 6) is 0.543. The molecule has 244 valence electrons. The van der Waals surface area contributed by atoms with Gasteiger partial charge >= 0.3 is 0 Å². The smallest absolute Gasteiger partial charge is 0.259 e. The van der Waals surface area contributed by atoms with Crippen LogP contribution in [0.2, 0.25) is 0 Å². The molecule has 4 aromatic carbocycles. The van der Waals surface area contributed by atoms with Crippen LogP contribution in [0.25, 0.3) is 10.8 Å². The molecule has 1 heterocycles. The summed E-state index contributed by atoms with van der Waals surface area (Å²) in [5, 5.41) is 1.46. The highest BCUT2D eigenvalue weighted by Gasteiger charge is 2.45. The third-order valence-corrected chi connectivity index (χ3v) is 12.7. The molecule has 1 saturated heterocycles. The molecular weight excluding hydrogens is 643 g/mol. The Balaban J connectivity index is 1.44. The fraction of sp³-hybridized carbons (Fsp3) is 0.324. The predicted molar refractivity (Wildman–Crippen MR) is 182 cm³/mol. The molecule has 0 bridgehead atoms. The summed E-state index contributed by atoms with van der Waals surface area (Å²) in [4.78, 5) is 14.1. The lowest BCUT2D eigenvalue weighted by atomic mass is 10.1. The second-order valence-corrected chi connectivity index (χ2v) is 16.9. The Morgan fingerprint density at radius 1 is 0.935 bits per heavy atom. The first kappa shape index (κ1) is 33.9. The summed E-state index contributed by atoms with van der Waals surface area (Å²) in [6.45, 7) is 5.67. The van der Waals surface area contributed by atoms with Crippen LogP contribution < -0.4 is 10.2 Å². The van der Waals surface area contributed by atoms with Crippen LogP contribution in [0.15, 0.2) is 101 Å². The molecule has 9 nitrogen and oxygen atoms in total. The Labute approximate surface area is 276 Å². The number of aryl methyl sites for hydroxylation is 1. The maximum Gasteiger partial charge on any atom is 0.259 e. The van der Waals surface area contributed by atoms with Gasteiger partial charge in [-0.15, -0.1) is 4.41 Å². The number of nitrogens with zero attached hydrogens (tertiary/aromatic N) is 2. The zero-order valence-electron chi connectivity index (χ0n) is 26.3. The minimum Gasteiger partial charge on any atom is -0.497 e. The minimum absolute atomic E-state index is 0.0156. The minimum atomic E-state index is -4.13. The zero-order valence-corrected chi connectivity index (χ0v) is 28.7. The van der Waals surface area contributed by atoms with E-state index in [1.54, 1.807) is 49.2 Å².